The summed E-state index contributed by atoms with van der Waals surface area (Å²) in [6.07, 6.45) is 5.24. The number of halogens is 2. The van der Waals surface area contributed by atoms with E-state index >= 15 is 0 Å². The quantitative estimate of drug-likeness (QED) is 0.902. The molecule has 1 aliphatic heterocycles. The zero-order valence-corrected chi connectivity index (χ0v) is 10.6. The van der Waals surface area contributed by atoms with Crippen molar-refractivity contribution in [2.45, 2.75) is 45.1 Å². The summed E-state index contributed by atoms with van der Waals surface area (Å²) in [5.41, 5.74) is 5.44. The van der Waals surface area contributed by atoms with Crippen molar-refractivity contribution in [2.75, 3.05) is 17.2 Å². The van der Waals surface area contributed by atoms with Gasteiger partial charge in [-0.25, -0.2) is 13.8 Å². The molecule has 0 aliphatic carbocycles. The SMILES string of the molecule is CCCC1CCCCN1c1nc(N)c(F)cc1F. The molecule has 0 saturated carbocycles. The molecule has 2 N–H and O–H groups in total. The van der Waals surface area contributed by atoms with Gasteiger partial charge in [0.05, 0.1) is 0 Å². The number of aromatic nitrogens is 1. The van der Waals surface area contributed by atoms with Crippen molar-refractivity contribution >= 4 is 11.6 Å². The van der Waals surface area contributed by atoms with E-state index in [1.165, 1.54) is 0 Å². The zero-order valence-electron chi connectivity index (χ0n) is 10.6. The van der Waals surface area contributed by atoms with Gasteiger partial charge in [0, 0.05) is 18.7 Å². The van der Waals surface area contributed by atoms with Crippen molar-refractivity contribution in [1.82, 2.24) is 4.98 Å². The van der Waals surface area contributed by atoms with Crippen molar-refractivity contribution < 1.29 is 8.78 Å². The Hall–Kier alpha value is -1.39. The highest BCUT2D eigenvalue weighted by molar-refractivity contribution is 5.48. The predicted octanol–water partition coefficient (Wildman–Crippen LogP) is 3.10. The van der Waals surface area contributed by atoms with Crippen LogP contribution in [-0.4, -0.2) is 17.6 Å². The van der Waals surface area contributed by atoms with Gasteiger partial charge in [-0.1, -0.05) is 13.3 Å². The monoisotopic (exact) mass is 255 g/mol. The summed E-state index contributed by atoms with van der Waals surface area (Å²) in [4.78, 5) is 5.82. The number of rotatable bonds is 3. The fraction of sp³-hybridized carbons (Fsp3) is 0.615. The second kappa shape index (κ2) is 5.50. The summed E-state index contributed by atoms with van der Waals surface area (Å²) in [6, 6.07) is 1.12. The maximum absolute atomic E-state index is 13.8. The van der Waals surface area contributed by atoms with E-state index in [0.29, 0.717) is 0 Å². The molecule has 1 aliphatic rings. The molecule has 1 saturated heterocycles. The van der Waals surface area contributed by atoms with Crippen molar-refractivity contribution in [3.8, 4) is 0 Å². The van der Waals surface area contributed by atoms with Crippen LogP contribution in [0.2, 0.25) is 0 Å². The van der Waals surface area contributed by atoms with Crippen molar-refractivity contribution in [3.63, 3.8) is 0 Å². The molecule has 0 aromatic carbocycles. The van der Waals surface area contributed by atoms with E-state index in [-0.39, 0.29) is 17.7 Å². The molecule has 0 amide bonds. The summed E-state index contributed by atoms with van der Waals surface area (Å²) >= 11 is 0. The highest BCUT2D eigenvalue weighted by Gasteiger charge is 2.26. The predicted molar refractivity (Wildman–Crippen MR) is 68.5 cm³/mol. The normalized spacial score (nSPS) is 20.2. The van der Waals surface area contributed by atoms with Gasteiger partial charge < -0.3 is 10.6 Å². The van der Waals surface area contributed by atoms with Crippen LogP contribution in [0.4, 0.5) is 20.4 Å². The highest BCUT2D eigenvalue weighted by Crippen LogP contribution is 2.29. The summed E-state index contributed by atoms with van der Waals surface area (Å²) in [7, 11) is 0. The zero-order chi connectivity index (χ0) is 13.1. The summed E-state index contributed by atoms with van der Waals surface area (Å²) in [5.74, 6) is -1.44. The number of pyridine rings is 1. The largest absolute Gasteiger partial charge is 0.381 e. The third-order valence-corrected chi connectivity index (χ3v) is 3.46. The van der Waals surface area contributed by atoms with E-state index in [0.717, 1.165) is 44.7 Å². The average molecular weight is 255 g/mol. The van der Waals surface area contributed by atoms with Gasteiger partial charge in [0.15, 0.2) is 23.3 Å². The van der Waals surface area contributed by atoms with E-state index in [2.05, 4.69) is 11.9 Å². The van der Waals surface area contributed by atoms with Crippen LogP contribution in [0.25, 0.3) is 0 Å². The first kappa shape index (κ1) is 13.1. The fourth-order valence-electron chi connectivity index (χ4n) is 2.58. The Bertz CT molecular complexity index is 421. The van der Waals surface area contributed by atoms with Crippen LogP contribution in [-0.2, 0) is 0 Å². The molecule has 1 atom stereocenters. The Kier molecular flexibility index (Phi) is 3.99. The molecule has 1 aromatic rings. The number of hydrogen-bond donors (Lipinski definition) is 1. The average Bonchev–Trinajstić information content (AvgIpc) is 2.35. The second-order valence-corrected chi connectivity index (χ2v) is 4.79. The lowest BCUT2D eigenvalue weighted by Crippen LogP contribution is -2.40. The molecular weight excluding hydrogens is 236 g/mol. The summed E-state index contributed by atoms with van der Waals surface area (Å²) in [5, 5.41) is 0. The Labute approximate surface area is 106 Å². The number of hydrogen-bond acceptors (Lipinski definition) is 3. The van der Waals surface area contributed by atoms with Gasteiger partial charge >= 0.3 is 0 Å². The molecule has 0 radical (unpaired) electrons. The number of nitrogens with two attached hydrogens (primary N) is 1. The van der Waals surface area contributed by atoms with E-state index in [1.807, 2.05) is 4.90 Å². The van der Waals surface area contributed by atoms with E-state index in [1.54, 1.807) is 0 Å². The molecule has 18 heavy (non-hydrogen) atoms. The first-order valence-electron chi connectivity index (χ1n) is 6.51. The molecule has 1 fully saturated rings. The minimum atomic E-state index is -0.791. The van der Waals surface area contributed by atoms with Crippen molar-refractivity contribution in [3.05, 3.63) is 17.7 Å². The molecule has 5 heteroatoms. The van der Waals surface area contributed by atoms with Crippen molar-refractivity contribution in [1.29, 1.82) is 0 Å². The van der Waals surface area contributed by atoms with E-state index in [4.69, 9.17) is 5.73 Å². The van der Waals surface area contributed by atoms with Gasteiger partial charge in [0.1, 0.15) is 0 Å². The van der Waals surface area contributed by atoms with Crippen LogP contribution in [0.15, 0.2) is 6.07 Å². The van der Waals surface area contributed by atoms with Crippen molar-refractivity contribution in [2.24, 2.45) is 0 Å². The topological polar surface area (TPSA) is 42.2 Å². The Morgan fingerprint density at radius 3 is 2.89 bits per heavy atom. The van der Waals surface area contributed by atoms with Gasteiger partial charge in [-0.15, -0.1) is 0 Å². The number of nitrogens with zero attached hydrogens (tertiary/aromatic N) is 2. The first-order chi connectivity index (χ1) is 8.63. The molecule has 2 rings (SSSR count). The van der Waals surface area contributed by atoms with Crippen LogP contribution >= 0.6 is 0 Å². The van der Waals surface area contributed by atoms with Gasteiger partial charge in [-0.2, -0.15) is 0 Å². The molecule has 2 heterocycles. The third-order valence-electron chi connectivity index (χ3n) is 3.46. The number of anilines is 2. The first-order valence-corrected chi connectivity index (χ1v) is 6.51. The lowest BCUT2D eigenvalue weighted by atomic mass is 9.98. The van der Waals surface area contributed by atoms with Crippen LogP contribution in [0.1, 0.15) is 39.0 Å². The summed E-state index contributed by atoms with van der Waals surface area (Å²) < 4.78 is 27.0. The molecule has 0 spiro atoms. The fourth-order valence-corrected chi connectivity index (χ4v) is 2.58. The minimum absolute atomic E-state index is 0.201. The van der Waals surface area contributed by atoms with Crippen LogP contribution < -0.4 is 10.6 Å². The summed E-state index contributed by atoms with van der Waals surface area (Å²) in [6.45, 7) is 2.87. The number of piperidine rings is 1. The Morgan fingerprint density at radius 2 is 2.17 bits per heavy atom. The van der Waals surface area contributed by atoms with E-state index in [9.17, 15) is 8.78 Å². The highest BCUT2D eigenvalue weighted by atomic mass is 19.1. The van der Waals surface area contributed by atoms with Gasteiger partial charge in [0.25, 0.3) is 0 Å². The van der Waals surface area contributed by atoms with E-state index < -0.39 is 11.6 Å². The van der Waals surface area contributed by atoms with Crippen LogP contribution in [0.5, 0.6) is 0 Å². The standard InChI is InChI=1S/C13H19F2N3/c1-2-5-9-6-3-4-7-18(9)13-11(15)8-10(14)12(16)17-13/h8-9H,2-7H2,1H3,(H2,16,17). The number of nitrogen functional groups attached to an aromatic ring is 1. The lowest BCUT2D eigenvalue weighted by Gasteiger charge is -2.36. The molecule has 100 valence electrons. The van der Waals surface area contributed by atoms with Gasteiger partial charge in [-0.05, 0) is 25.7 Å². The maximum Gasteiger partial charge on any atom is 0.168 e. The Balaban J connectivity index is 2.30. The van der Waals surface area contributed by atoms with Gasteiger partial charge in [0.2, 0.25) is 0 Å². The molecular formula is C13H19F2N3. The molecule has 1 aromatic heterocycles. The van der Waals surface area contributed by atoms with Crippen LogP contribution in [0, 0.1) is 11.6 Å². The Morgan fingerprint density at radius 1 is 1.39 bits per heavy atom. The minimum Gasteiger partial charge on any atom is -0.381 e. The van der Waals surface area contributed by atoms with Crippen LogP contribution in [0.3, 0.4) is 0 Å². The molecule has 3 nitrogen and oxygen atoms in total. The third kappa shape index (κ3) is 2.54. The van der Waals surface area contributed by atoms with Gasteiger partial charge in [-0.3, -0.25) is 0 Å². The lowest BCUT2D eigenvalue weighted by molar-refractivity contribution is 0.424. The molecule has 0 bridgehead atoms. The second-order valence-electron chi connectivity index (χ2n) is 4.79. The molecule has 1 unspecified atom stereocenters. The maximum atomic E-state index is 13.8. The smallest absolute Gasteiger partial charge is 0.168 e.